The van der Waals surface area contributed by atoms with Crippen molar-refractivity contribution in [2.45, 2.75) is 26.4 Å². The molecule has 5 heteroatoms. The number of fused-ring (bicyclic) bond motifs is 1. The summed E-state index contributed by atoms with van der Waals surface area (Å²) in [5, 5.41) is 6.05. The normalized spacial score (nSPS) is 18.4. The van der Waals surface area contributed by atoms with E-state index in [1.807, 2.05) is 32.4 Å². The number of imidazole rings is 1. The Morgan fingerprint density at radius 3 is 2.64 bits per heavy atom. The topological polar surface area (TPSA) is 59.0 Å². The Bertz CT molecular complexity index is 405. The van der Waals surface area contributed by atoms with Crippen LogP contribution in [0.25, 0.3) is 0 Å². The Hall–Kier alpha value is -1.52. The van der Waals surface area contributed by atoms with Crippen LogP contribution < -0.4 is 10.6 Å². The first kappa shape index (κ1) is 9.05. The fraction of sp³-hybridized carbons (Fsp3) is 0.556. The molecule has 1 aromatic heterocycles. The molecule has 0 fully saturated rings. The van der Waals surface area contributed by atoms with Crippen LogP contribution in [-0.4, -0.2) is 21.1 Å². The van der Waals surface area contributed by atoms with Gasteiger partial charge in [-0.1, -0.05) is 0 Å². The van der Waals surface area contributed by atoms with E-state index in [2.05, 4.69) is 15.6 Å². The number of aromatic nitrogens is 2. The van der Waals surface area contributed by atoms with Crippen LogP contribution >= 0.6 is 0 Å². The fourth-order valence-electron chi connectivity index (χ4n) is 1.58. The van der Waals surface area contributed by atoms with Crippen LogP contribution in [0.2, 0.25) is 0 Å². The highest BCUT2D eigenvalue weighted by Gasteiger charge is 2.32. The minimum Gasteiger partial charge on any atom is -0.347 e. The zero-order valence-corrected chi connectivity index (χ0v) is 8.80. The van der Waals surface area contributed by atoms with Crippen molar-refractivity contribution in [3.63, 3.8) is 0 Å². The summed E-state index contributed by atoms with van der Waals surface area (Å²) in [7, 11) is 1.89. The number of nitrogens with zero attached hydrogens (tertiary/aromatic N) is 2. The maximum absolute atomic E-state index is 11.6. The predicted octanol–water partition coefficient (Wildman–Crippen LogP) is 0.620. The Balaban J connectivity index is 2.56. The number of amides is 1. The van der Waals surface area contributed by atoms with Crippen molar-refractivity contribution < 1.29 is 4.79 Å². The highest BCUT2D eigenvalue weighted by molar-refractivity contribution is 5.99. The standard InChI is InChI=1S/C9H14N4O/c1-5-10-6-7(13(5)4)11-9(2,3)12-8(6)14/h11H,1-4H3,(H,12,14). The lowest BCUT2D eigenvalue weighted by Gasteiger charge is -2.32. The Kier molecular flexibility index (Phi) is 1.61. The number of carbonyl (C=O) groups excluding carboxylic acids is 1. The lowest BCUT2D eigenvalue weighted by atomic mass is 10.1. The molecule has 2 N–H and O–H groups in total. The minimum atomic E-state index is -0.412. The zero-order valence-electron chi connectivity index (χ0n) is 8.80. The quantitative estimate of drug-likeness (QED) is 0.636. The SMILES string of the molecule is Cc1nc2c(n1C)NC(C)(C)NC2=O. The molecule has 0 unspecified atom stereocenters. The number of anilines is 1. The summed E-state index contributed by atoms with van der Waals surface area (Å²) in [5.41, 5.74) is 0.0638. The van der Waals surface area contributed by atoms with E-state index in [0.29, 0.717) is 5.69 Å². The monoisotopic (exact) mass is 194 g/mol. The van der Waals surface area contributed by atoms with Crippen molar-refractivity contribution in [2.24, 2.45) is 7.05 Å². The average molecular weight is 194 g/mol. The number of hydrogen-bond donors (Lipinski definition) is 2. The first-order chi connectivity index (χ1) is 6.41. The average Bonchev–Trinajstić information content (AvgIpc) is 2.30. The molecule has 76 valence electrons. The molecule has 1 aliphatic heterocycles. The second kappa shape index (κ2) is 2.50. The van der Waals surface area contributed by atoms with Gasteiger partial charge in [-0.25, -0.2) is 4.98 Å². The zero-order chi connectivity index (χ0) is 10.5. The third kappa shape index (κ3) is 1.16. The lowest BCUT2D eigenvalue weighted by molar-refractivity contribution is 0.0909. The molecule has 0 spiro atoms. The summed E-state index contributed by atoms with van der Waals surface area (Å²) in [5.74, 6) is 1.50. The van der Waals surface area contributed by atoms with Gasteiger partial charge in [0.15, 0.2) is 5.69 Å². The van der Waals surface area contributed by atoms with Crippen LogP contribution in [0.3, 0.4) is 0 Å². The van der Waals surface area contributed by atoms with Gasteiger partial charge in [0.2, 0.25) is 0 Å². The Morgan fingerprint density at radius 2 is 2.00 bits per heavy atom. The molecule has 0 atom stereocenters. The number of nitrogens with one attached hydrogen (secondary N) is 2. The van der Waals surface area contributed by atoms with Crippen molar-refractivity contribution in [2.75, 3.05) is 5.32 Å². The number of carbonyl (C=O) groups is 1. The van der Waals surface area contributed by atoms with Crippen LogP contribution in [0.4, 0.5) is 5.82 Å². The van der Waals surface area contributed by atoms with Crippen LogP contribution in [0.1, 0.15) is 30.2 Å². The molecule has 14 heavy (non-hydrogen) atoms. The van der Waals surface area contributed by atoms with Crippen molar-refractivity contribution in [3.05, 3.63) is 11.5 Å². The smallest absolute Gasteiger partial charge is 0.275 e. The van der Waals surface area contributed by atoms with Gasteiger partial charge in [-0.05, 0) is 20.8 Å². The Morgan fingerprint density at radius 1 is 1.36 bits per heavy atom. The molecule has 0 saturated heterocycles. The maximum Gasteiger partial charge on any atom is 0.275 e. The van der Waals surface area contributed by atoms with Crippen molar-refractivity contribution in [1.29, 1.82) is 0 Å². The molecule has 0 aliphatic carbocycles. The van der Waals surface area contributed by atoms with E-state index in [4.69, 9.17) is 0 Å². The minimum absolute atomic E-state index is 0.118. The summed E-state index contributed by atoms with van der Waals surface area (Å²) >= 11 is 0. The van der Waals surface area contributed by atoms with Gasteiger partial charge in [-0.3, -0.25) is 4.79 Å². The largest absolute Gasteiger partial charge is 0.347 e. The van der Waals surface area contributed by atoms with E-state index < -0.39 is 5.66 Å². The van der Waals surface area contributed by atoms with Crippen LogP contribution in [0.15, 0.2) is 0 Å². The molecule has 0 bridgehead atoms. The molecule has 1 amide bonds. The third-order valence-corrected chi connectivity index (χ3v) is 2.39. The van der Waals surface area contributed by atoms with Crippen molar-refractivity contribution in [3.8, 4) is 0 Å². The summed E-state index contributed by atoms with van der Waals surface area (Å²) < 4.78 is 1.88. The summed E-state index contributed by atoms with van der Waals surface area (Å²) in [4.78, 5) is 15.8. The van der Waals surface area contributed by atoms with E-state index >= 15 is 0 Å². The van der Waals surface area contributed by atoms with E-state index in [0.717, 1.165) is 11.6 Å². The fourth-order valence-corrected chi connectivity index (χ4v) is 1.58. The van der Waals surface area contributed by atoms with Gasteiger partial charge < -0.3 is 15.2 Å². The van der Waals surface area contributed by atoms with E-state index in [1.54, 1.807) is 0 Å². The van der Waals surface area contributed by atoms with Gasteiger partial charge in [-0.15, -0.1) is 0 Å². The first-order valence-corrected chi connectivity index (χ1v) is 4.55. The molecule has 1 aromatic rings. The third-order valence-electron chi connectivity index (χ3n) is 2.39. The van der Waals surface area contributed by atoms with E-state index in [-0.39, 0.29) is 5.91 Å². The van der Waals surface area contributed by atoms with Gasteiger partial charge >= 0.3 is 0 Å². The Labute approximate surface area is 82.5 Å². The molecule has 0 aromatic carbocycles. The van der Waals surface area contributed by atoms with Gasteiger partial charge in [0.05, 0.1) is 0 Å². The molecule has 5 nitrogen and oxygen atoms in total. The molecule has 0 radical (unpaired) electrons. The van der Waals surface area contributed by atoms with Crippen molar-refractivity contribution in [1.82, 2.24) is 14.9 Å². The summed E-state index contributed by atoms with van der Waals surface area (Å²) in [6.07, 6.45) is 0. The van der Waals surface area contributed by atoms with Crippen LogP contribution in [0, 0.1) is 6.92 Å². The molecule has 2 heterocycles. The second-order valence-electron chi connectivity index (χ2n) is 4.12. The van der Waals surface area contributed by atoms with E-state index in [9.17, 15) is 4.79 Å². The molecule has 1 aliphatic rings. The van der Waals surface area contributed by atoms with Gasteiger partial charge in [-0.2, -0.15) is 0 Å². The van der Waals surface area contributed by atoms with Gasteiger partial charge in [0, 0.05) is 7.05 Å². The number of hydrogen-bond acceptors (Lipinski definition) is 3. The maximum atomic E-state index is 11.6. The highest BCUT2D eigenvalue weighted by Crippen LogP contribution is 2.24. The van der Waals surface area contributed by atoms with E-state index in [1.165, 1.54) is 0 Å². The molecule has 0 saturated carbocycles. The lowest BCUT2D eigenvalue weighted by Crippen LogP contribution is -2.53. The molecule has 2 rings (SSSR count). The van der Waals surface area contributed by atoms with Crippen LogP contribution in [0.5, 0.6) is 0 Å². The predicted molar refractivity (Wildman–Crippen MR) is 53.1 cm³/mol. The first-order valence-electron chi connectivity index (χ1n) is 4.55. The number of aryl methyl sites for hydroxylation is 1. The molecular weight excluding hydrogens is 180 g/mol. The molecular formula is C9H14N4O. The second-order valence-corrected chi connectivity index (χ2v) is 4.12. The van der Waals surface area contributed by atoms with Gasteiger partial charge in [0.1, 0.15) is 17.3 Å². The highest BCUT2D eigenvalue weighted by atomic mass is 16.2. The van der Waals surface area contributed by atoms with Crippen molar-refractivity contribution >= 4 is 11.7 Å². The summed E-state index contributed by atoms with van der Waals surface area (Å²) in [6, 6.07) is 0. The number of rotatable bonds is 0. The summed E-state index contributed by atoms with van der Waals surface area (Å²) in [6.45, 7) is 5.70. The van der Waals surface area contributed by atoms with Gasteiger partial charge in [0.25, 0.3) is 5.91 Å². The van der Waals surface area contributed by atoms with Crippen LogP contribution in [-0.2, 0) is 7.05 Å².